The molecule has 2 fully saturated rings. The van der Waals surface area contributed by atoms with E-state index in [-0.39, 0.29) is 0 Å². The number of rotatable bonds is 5. The minimum Gasteiger partial charge on any atom is -0.383 e. The number of nitrogen functional groups attached to an aromatic ring is 1. The number of benzene rings is 1. The highest BCUT2D eigenvalue weighted by atomic mass is 15.2. The number of nitrogens with two attached hydrogens (primary N) is 1. The Hall–Kier alpha value is -3.81. The van der Waals surface area contributed by atoms with Crippen molar-refractivity contribution in [2.45, 2.75) is 19.4 Å². The first-order valence-electron chi connectivity index (χ1n) is 13.2. The molecule has 0 bridgehead atoms. The average Bonchev–Trinajstić information content (AvgIpc) is 3.63. The topological polar surface area (TPSA) is 84.9 Å². The molecule has 186 valence electrons. The third kappa shape index (κ3) is 4.14. The van der Waals surface area contributed by atoms with Gasteiger partial charge in [0.2, 0.25) is 0 Å². The average molecular weight is 490 g/mol. The van der Waals surface area contributed by atoms with Crippen LogP contribution in [-0.4, -0.2) is 50.6 Å². The molecule has 7 heteroatoms. The lowest BCUT2D eigenvalue weighted by Gasteiger charge is -2.17. The molecule has 0 radical (unpaired) electrons. The summed E-state index contributed by atoms with van der Waals surface area (Å²) in [6.45, 7) is 5.69. The number of pyridine rings is 2. The van der Waals surface area contributed by atoms with E-state index in [1.807, 2.05) is 12.1 Å². The zero-order valence-electron chi connectivity index (χ0n) is 20.8. The summed E-state index contributed by atoms with van der Waals surface area (Å²) in [7, 11) is 0. The molecule has 4 aromatic rings. The van der Waals surface area contributed by atoms with Crippen LogP contribution in [-0.2, 0) is 6.54 Å². The lowest BCUT2D eigenvalue weighted by atomic mass is 10.0. The molecule has 0 amide bonds. The zero-order chi connectivity index (χ0) is 24.8. The number of allylic oxidation sites excluding steroid dienone is 4. The zero-order valence-corrected chi connectivity index (χ0v) is 20.8. The third-order valence-corrected chi connectivity index (χ3v) is 7.94. The molecule has 2 atom stereocenters. The van der Waals surface area contributed by atoms with E-state index in [0.29, 0.717) is 5.82 Å². The van der Waals surface area contributed by atoms with Crippen molar-refractivity contribution in [2.75, 3.05) is 31.9 Å². The first-order chi connectivity index (χ1) is 18.2. The summed E-state index contributed by atoms with van der Waals surface area (Å²) in [4.78, 5) is 17.0. The van der Waals surface area contributed by atoms with Crippen LogP contribution >= 0.6 is 0 Å². The molecule has 3 N–H and O–H groups in total. The number of likely N-dealkylation sites (tertiary alicyclic amines) is 1. The van der Waals surface area contributed by atoms with Crippen LogP contribution in [0.4, 0.5) is 5.82 Å². The largest absolute Gasteiger partial charge is 0.383 e. The van der Waals surface area contributed by atoms with Gasteiger partial charge in [0, 0.05) is 31.5 Å². The number of aromatic nitrogens is 4. The summed E-state index contributed by atoms with van der Waals surface area (Å²) in [6, 6.07) is 16.8. The van der Waals surface area contributed by atoms with Crippen LogP contribution < -0.4 is 11.1 Å². The lowest BCUT2D eigenvalue weighted by molar-refractivity contribution is 0.305. The molecule has 7 rings (SSSR count). The van der Waals surface area contributed by atoms with Crippen molar-refractivity contribution in [3.05, 3.63) is 84.2 Å². The molecule has 1 aliphatic carbocycles. The fourth-order valence-corrected chi connectivity index (χ4v) is 6.04. The number of nitrogens with zero attached hydrogens (tertiary/aromatic N) is 5. The van der Waals surface area contributed by atoms with Crippen molar-refractivity contribution in [3.63, 3.8) is 0 Å². The number of imidazole rings is 1. The summed E-state index contributed by atoms with van der Waals surface area (Å²) in [6.07, 6.45) is 10.5. The van der Waals surface area contributed by atoms with Gasteiger partial charge in [-0.1, -0.05) is 30.4 Å². The van der Waals surface area contributed by atoms with Gasteiger partial charge < -0.3 is 11.1 Å². The van der Waals surface area contributed by atoms with Crippen LogP contribution in [0.15, 0.2) is 73.0 Å². The molecule has 0 spiro atoms. The Balaban J connectivity index is 1.28. The van der Waals surface area contributed by atoms with Crippen molar-refractivity contribution in [1.29, 1.82) is 0 Å². The first-order valence-corrected chi connectivity index (χ1v) is 13.2. The molecule has 5 heterocycles. The highest BCUT2D eigenvalue weighted by Crippen LogP contribution is 2.32. The third-order valence-electron chi connectivity index (χ3n) is 7.94. The van der Waals surface area contributed by atoms with E-state index in [1.165, 1.54) is 18.7 Å². The summed E-state index contributed by atoms with van der Waals surface area (Å²) in [5.41, 5.74) is 13.2. The summed E-state index contributed by atoms with van der Waals surface area (Å²) in [5.74, 6) is 2.82. The van der Waals surface area contributed by atoms with Crippen LogP contribution in [0.1, 0.15) is 24.1 Å². The normalized spacial score (nSPS) is 21.5. The van der Waals surface area contributed by atoms with E-state index in [2.05, 4.69) is 74.4 Å². The van der Waals surface area contributed by atoms with E-state index < -0.39 is 0 Å². The van der Waals surface area contributed by atoms with Crippen LogP contribution in [0.25, 0.3) is 33.8 Å². The molecule has 3 aromatic heterocycles. The quantitative estimate of drug-likeness (QED) is 0.431. The van der Waals surface area contributed by atoms with Gasteiger partial charge in [-0.3, -0.25) is 9.47 Å². The molecule has 2 saturated heterocycles. The second-order valence-electron chi connectivity index (χ2n) is 10.4. The Morgan fingerprint density at radius 1 is 0.946 bits per heavy atom. The van der Waals surface area contributed by atoms with Crippen LogP contribution in [0, 0.1) is 11.8 Å². The number of hydrogen-bond acceptors (Lipinski definition) is 6. The van der Waals surface area contributed by atoms with Crippen LogP contribution in [0.2, 0.25) is 0 Å². The predicted molar refractivity (Wildman–Crippen MR) is 148 cm³/mol. The van der Waals surface area contributed by atoms with E-state index in [4.69, 9.17) is 15.7 Å². The predicted octanol–water partition coefficient (Wildman–Crippen LogP) is 4.45. The fourth-order valence-electron chi connectivity index (χ4n) is 6.04. The standard InChI is InChI=1S/C30H31N7/c31-28-25(7-4-14-33-28)29-35-27-13-12-26(21-5-2-1-3-6-21)34-30(27)37(29)24-10-8-20(9-11-24)17-36-18-22-15-32-16-23(22)19-36/h2,4-14,22-23,32H,1,3,15-19H2,(H2,31,33). The Labute approximate surface area is 216 Å². The maximum absolute atomic E-state index is 6.31. The monoisotopic (exact) mass is 489 g/mol. The van der Waals surface area contributed by atoms with Crippen molar-refractivity contribution in [1.82, 2.24) is 29.7 Å². The van der Waals surface area contributed by atoms with Gasteiger partial charge >= 0.3 is 0 Å². The molecule has 7 nitrogen and oxygen atoms in total. The molecular formula is C30H31N7. The Bertz CT molecular complexity index is 1500. The Morgan fingerprint density at radius 2 is 1.78 bits per heavy atom. The summed E-state index contributed by atoms with van der Waals surface area (Å²) < 4.78 is 2.12. The number of hydrogen-bond donors (Lipinski definition) is 2. The van der Waals surface area contributed by atoms with Gasteiger partial charge in [0.25, 0.3) is 0 Å². The second-order valence-corrected chi connectivity index (χ2v) is 10.4. The van der Waals surface area contributed by atoms with Crippen LogP contribution in [0.3, 0.4) is 0 Å². The molecule has 3 aliphatic rings. The van der Waals surface area contributed by atoms with Crippen molar-refractivity contribution in [3.8, 4) is 17.1 Å². The molecule has 2 unspecified atom stereocenters. The van der Waals surface area contributed by atoms with Gasteiger partial charge in [-0.25, -0.2) is 15.0 Å². The first kappa shape index (κ1) is 22.4. The smallest absolute Gasteiger partial charge is 0.165 e. The maximum Gasteiger partial charge on any atom is 0.165 e. The SMILES string of the molecule is Nc1ncccc1-c1nc2ccc(C3=CCCC=C3)nc2n1-c1ccc(CN2CC3CNCC3C2)cc1. The van der Waals surface area contributed by atoms with Crippen molar-refractivity contribution >= 4 is 22.6 Å². The molecule has 0 saturated carbocycles. The highest BCUT2D eigenvalue weighted by Gasteiger charge is 2.35. The van der Waals surface area contributed by atoms with E-state index in [0.717, 1.165) is 83.8 Å². The fraction of sp³-hybridized carbons (Fsp3) is 0.300. The minimum atomic E-state index is 0.461. The van der Waals surface area contributed by atoms with Gasteiger partial charge in [0.1, 0.15) is 11.3 Å². The summed E-state index contributed by atoms with van der Waals surface area (Å²) in [5, 5.41) is 3.53. The van der Waals surface area contributed by atoms with Gasteiger partial charge in [-0.05, 0) is 85.3 Å². The summed E-state index contributed by atoms with van der Waals surface area (Å²) >= 11 is 0. The van der Waals surface area contributed by atoms with E-state index in [9.17, 15) is 0 Å². The van der Waals surface area contributed by atoms with Crippen molar-refractivity contribution < 1.29 is 0 Å². The lowest BCUT2D eigenvalue weighted by Crippen LogP contribution is -2.25. The number of anilines is 1. The Kier molecular flexibility index (Phi) is 5.60. The Morgan fingerprint density at radius 3 is 2.54 bits per heavy atom. The second kappa shape index (κ2) is 9.25. The van der Waals surface area contributed by atoms with E-state index >= 15 is 0 Å². The number of fused-ring (bicyclic) bond motifs is 2. The van der Waals surface area contributed by atoms with Crippen molar-refractivity contribution in [2.24, 2.45) is 11.8 Å². The van der Waals surface area contributed by atoms with Gasteiger partial charge in [0.15, 0.2) is 11.5 Å². The molecule has 2 aliphatic heterocycles. The number of nitrogens with one attached hydrogen (secondary N) is 1. The highest BCUT2D eigenvalue weighted by molar-refractivity contribution is 5.85. The van der Waals surface area contributed by atoms with E-state index in [1.54, 1.807) is 6.20 Å². The van der Waals surface area contributed by atoms with Crippen LogP contribution in [0.5, 0.6) is 0 Å². The maximum atomic E-state index is 6.31. The molecular weight excluding hydrogens is 458 g/mol. The van der Waals surface area contributed by atoms with Gasteiger partial charge in [-0.15, -0.1) is 0 Å². The molecule has 1 aromatic carbocycles. The molecule has 37 heavy (non-hydrogen) atoms. The van der Waals surface area contributed by atoms with Gasteiger partial charge in [-0.2, -0.15) is 0 Å². The van der Waals surface area contributed by atoms with Gasteiger partial charge in [0.05, 0.1) is 11.3 Å². The minimum absolute atomic E-state index is 0.461.